The number of amides is 1. The fraction of sp³-hybridized carbons (Fsp3) is 0.562. The minimum atomic E-state index is 0.0918. The predicted octanol–water partition coefficient (Wildman–Crippen LogP) is 2.56. The molecule has 2 rings (SSSR count). The van der Waals surface area contributed by atoms with Crippen LogP contribution in [0.1, 0.15) is 43.4 Å². The van der Waals surface area contributed by atoms with Crippen molar-refractivity contribution >= 4 is 5.91 Å². The summed E-state index contributed by atoms with van der Waals surface area (Å²) in [5.41, 5.74) is 2.41. The van der Waals surface area contributed by atoms with Gasteiger partial charge in [-0.2, -0.15) is 0 Å². The molecule has 1 aliphatic rings. The van der Waals surface area contributed by atoms with Gasteiger partial charge in [0, 0.05) is 6.42 Å². The molecule has 1 aromatic carbocycles. The summed E-state index contributed by atoms with van der Waals surface area (Å²) in [5.74, 6) is 0.848. The molecule has 0 saturated carbocycles. The molecule has 0 aliphatic carbocycles. The maximum absolute atomic E-state index is 11.9. The van der Waals surface area contributed by atoms with Gasteiger partial charge in [-0.05, 0) is 51.3 Å². The first-order valence-electron chi connectivity index (χ1n) is 7.22. The SMILES string of the molecule is Cc1cccc([C@@H](C)NC(=O)CCC2CCNC2)c1. The van der Waals surface area contributed by atoms with Gasteiger partial charge in [0.15, 0.2) is 0 Å². The van der Waals surface area contributed by atoms with Crippen LogP contribution in [-0.2, 0) is 4.79 Å². The third kappa shape index (κ3) is 4.35. The van der Waals surface area contributed by atoms with Gasteiger partial charge in [-0.15, -0.1) is 0 Å². The summed E-state index contributed by atoms with van der Waals surface area (Å²) in [6.07, 6.45) is 2.85. The Hall–Kier alpha value is -1.35. The van der Waals surface area contributed by atoms with E-state index in [2.05, 4.69) is 35.8 Å². The molecule has 104 valence electrons. The molecule has 1 heterocycles. The van der Waals surface area contributed by atoms with Crippen molar-refractivity contribution in [2.75, 3.05) is 13.1 Å². The van der Waals surface area contributed by atoms with Crippen LogP contribution in [0.3, 0.4) is 0 Å². The molecule has 3 heteroatoms. The van der Waals surface area contributed by atoms with Crippen molar-refractivity contribution in [3.63, 3.8) is 0 Å². The standard InChI is InChI=1S/C16H24N2O/c1-12-4-3-5-15(10-12)13(2)18-16(19)7-6-14-8-9-17-11-14/h3-5,10,13-14,17H,6-9,11H2,1-2H3,(H,18,19)/t13-,14?/m1/s1. The number of hydrogen-bond donors (Lipinski definition) is 2. The molecule has 1 unspecified atom stereocenters. The van der Waals surface area contributed by atoms with Crippen molar-refractivity contribution in [3.05, 3.63) is 35.4 Å². The van der Waals surface area contributed by atoms with Crippen LogP contribution in [0.25, 0.3) is 0 Å². The third-order valence-electron chi connectivity index (χ3n) is 3.86. The molecule has 3 nitrogen and oxygen atoms in total. The van der Waals surface area contributed by atoms with E-state index in [9.17, 15) is 4.79 Å². The van der Waals surface area contributed by atoms with Crippen molar-refractivity contribution in [3.8, 4) is 0 Å². The highest BCUT2D eigenvalue weighted by Gasteiger charge is 2.16. The summed E-state index contributed by atoms with van der Waals surface area (Å²) in [6, 6.07) is 8.40. The van der Waals surface area contributed by atoms with Gasteiger partial charge < -0.3 is 10.6 Å². The van der Waals surface area contributed by atoms with E-state index in [0.29, 0.717) is 12.3 Å². The van der Waals surface area contributed by atoms with Crippen LogP contribution >= 0.6 is 0 Å². The largest absolute Gasteiger partial charge is 0.350 e. The average molecular weight is 260 g/mol. The molecule has 1 aliphatic heterocycles. The van der Waals surface area contributed by atoms with Crippen LogP contribution < -0.4 is 10.6 Å². The molecule has 0 spiro atoms. The second kappa shape index (κ2) is 6.71. The highest BCUT2D eigenvalue weighted by Crippen LogP contribution is 2.16. The molecule has 1 aromatic rings. The number of aryl methyl sites for hydroxylation is 1. The quantitative estimate of drug-likeness (QED) is 0.854. The lowest BCUT2D eigenvalue weighted by molar-refractivity contribution is -0.122. The van der Waals surface area contributed by atoms with Gasteiger partial charge in [-0.1, -0.05) is 29.8 Å². The predicted molar refractivity (Wildman–Crippen MR) is 77.9 cm³/mol. The zero-order valence-corrected chi connectivity index (χ0v) is 11.9. The average Bonchev–Trinajstić information content (AvgIpc) is 2.89. The first-order chi connectivity index (χ1) is 9.15. The van der Waals surface area contributed by atoms with Crippen molar-refractivity contribution in [1.29, 1.82) is 0 Å². The zero-order chi connectivity index (χ0) is 13.7. The van der Waals surface area contributed by atoms with Crippen molar-refractivity contribution in [2.24, 2.45) is 5.92 Å². The molecule has 0 radical (unpaired) electrons. The summed E-state index contributed by atoms with van der Waals surface area (Å²) in [5, 5.41) is 6.43. The summed E-state index contributed by atoms with van der Waals surface area (Å²) in [7, 11) is 0. The number of carbonyl (C=O) groups is 1. The molecule has 1 fully saturated rings. The number of nitrogens with one attached hydrogen (secondary N) is 2. The number of carbonyl (C=O) groups excluding carboxylic acids is 1. The first kappa shape index (κ1) is 14.1. The Labute approximate surface area is 115 Å². The fourth-order valence-electron chi connectivity index (χ4n) is 2.63. The Bertz CT molecular complexity index is 425. The highest BCUT2D eigenvalue weighted by molar-refractivity contribution is 5.76. The molecule has 2 atom stereocenters. The van der Waals surface area contributed by atoms with E-state index in [1.165, 1.54) is 17.5 Å². The van der Waals surface area contributed by atoms with Gasteiger partial charge in [0.1, 0.15) is 0 Å². The van der Waals surface area contributed by atoms with Gasteiger partial charge in [-0.3, -0.25) is 4.79 Å². The zero-order valence-electron chi connectivity index (χ0n) is 11.9. The van der Waals surface area contributed by atoms with Gasteiger partial charge >= 0.3 is 0 Å². The van der Waals surface area contributed by atoms with Crippen molar-refractivity contribution in [2.45, 2.75) is 39.2 Å². The molecule has 19 heavy (non-hydrogen) atoms. The Morgan fingerprint density at radius 3 is 3.05 bits per heavy atom. The Balaban J connectivity index is 1.77. The maximum Gasteiger partial charge on any atom is 0.220 e. The van der Waals surface area contributed by atoms with E-state index < -0.39 is 0 Å². The topological polar surface area (TPSA) is 41.1 Å². The second-order valence-corrected chi connectivity index (χ2v) is 5.60. The minimum absolute atomic E-state index is 0.0918. The normalized spacial score (nSPS) is 20.2. The Kier molecular flexibility index (Phi) is 4.97. The summed E-state index contributed by atoms with van der Waals surface area (Å²) in [6.45, 7) is 6.29. The Morgan fingerprint density at radius 2 is 2.37 bits per heavy atom. The van der Waals surface area contributed by atoms with E-state index in [4.69, 9.17) is 0 Å². The summed E-state index contributed by atoms with van der Waals surface area (Å²) in [4.78, 5) is 11.9. The third-order valence-corrected chi connectivity index (χ3v) is 3.86. The van der Waals surface area contributed by atoms with Crippen LogP contribution in [0.2, 0.25) is 0 Å². The lowest BCUT2D eigenvalue weighted by atomic mass is 10.0. The van der Waals surface area contributed by atoms with Crippen LogP contribution in [-0.4, -0.2) is 19.0 Å². The first-order valence-corrected chi connectivity index (χ1v) is 7.22. The maximum atomic E-state index is 11.9. The molecule has 2 N–H and O–H groups in total. The summed E-state index contributed by atoms with van der Waals surface area (Å²) >= 11 is 0. The van der Waals surface area contributed by atoms with Gasteiger partial charge in [-0.25, -0.2) is 0 Å². The van der Waals surface area contributed by atoms with E-state index in [0.717, 1.165) is 19.5 Å². The Morgan fingerprint density at radius 1 is 1.53 bits per heavy atom. The summed E-state index contributed by atoms with van der Waals surface area (Å²) < 4.78 is 0. The lowest BCUT2D eigenvalue weighted by Gasteiger charge is -2.15. The number of benzene rings is 1. The fourth-order valence-corrected chi connectivity index (χ4v) is 2.63. The van der Waals surface area contributed by atoms with Gasteiger partial charge in [0.25, 0.3) is 0 Å². The van der Waals surface area contributed by atoms with E-state index in [-0.39, 0.29) is 11.9 Å². The van der Waals surface area contributed by atoms with Gasteiger partial charge in [0.2, 0.25) is 5.91 Å². The van der Waals surface area contributed by atoms with Crippen molar-refractivity contribution < 1.29 is 4.79 Å². The number of hydrogen-bond acceptors (Lipinski definition) is 2. The highest BCUT2D eigenvalue weighted by atomic mass is 16.1. The van der Waals surface area contributed by atoms with Crippen LogP contribution in [0.15, 0.2) is 24.3 Å². The van der Waals surface area contributed by atoms with Crippen LogP contribution in [0.5, 0.6) is 0 Å². The van der Waals surface area contributed by atoms with E-state index in [1.54, 1.807) is 0 Å². The molecule has 1 amide bonds. The monoisotopic (exact) mass is 260 g/mol. The smallest absolute Gasteiger partial charge is 0.220 e. The second-order valence-electron chi connectivity index (χ2n) is 5.60. The van der Waals surface area contributed by atoms with Crippen LogP contribution in [0.4, 0.5) is 0 Å². The molecule has 1 saturated heterocycles. The minimum Gasteiger partial charge on any atom is -0.350 e. The van der Waals surface area contributed by atoms with Crippen molar-refractivity contribution in [1.82, 2.24) is 10.6 Å². The number of rotatable bonds is 5. The molecular formula is C16H24N2O. The molecule has 0 aromatic heterocycles. The van der Waals surface area contributed by atoms with E-state index >= 15 is 0 Å². The van der Waals surface area contributed by atoms with E-state index in [1.807, 2.05) is 13.0 Å². The molecular weight excluding hydrogens is 236 g/mol. The van der Waals surface area contributed by atoms with Gasteiger partial charge in [0.05, 0.1) is 6.04 Å². The lowest BCUT2D eigenvalue weighted by Crippen LogP contribution is -2.27. The molecule has 0 bridgehead atoms. The van der Waals surface area contributed by atoms with Crippen LogP contribution in [0, 0.1) is 12.8 Å².